The molecule has 2 atom stereocenters. The molecule has 118 valence electrons. The number of aliphatic hydroxyl groups excluding tert-OH is 2. The van der Waals surface area contributed by atoms with Crippen molar-refractivity contribution < 1.29 is 19.7 Å². The summed E-state index contributed by atoms with van der Waals surface area (Å²) >= 11 is 5.55. The summed E-state index contributed by atoms with van der Waals surface area (Å²) in [7, 11) is 1.53. The molecule has 4 nitrogen and oxygen atoms in total. The predicted molar refractivity (Wildman–Crippen MR) is 85.5 cm³/mol. The summed E-state index contributed by atoms with van der Waals surface area (Å²) in [5, 5.41) is 19.6. The Morgan fingerprint density at radius 3 is 2.41 bits per heavy atom. The second-order valence-electron chi connectivity index (χ2n) is 4.85. The standard InChI is InChI=1S/C17H19ClO4/c1-21-16-9-13(17(20)14(19)10-18)7-8-15(16)22-11-12-5-3-2-4-6-12/h2-9,14,17,19-20H,10-11H2,1H3. The van der Waals surface area contributed by atoms with Gasteiger partial charge >= 0.3 is 0 Å². The van der Waals surface area contributed by atoms with Crippen molar-refractivity contribution in [1.82, 2.24) is 0 Å². The molecule has 22 heavy (non-hydrogen) atoms. The molecule has 0 aliphatic carbocycles. The Morgan fingerprint density at radius 2 is 1.77 bits per heavy atom. The van der Waals surface area contributed by atoms with Gasteiger partial charge in [0.1, 0.15) is 12.7 Å². The fourth-order valence-electron chi connectivity index (χ4n) is 2.03. The molecule has 0 saturated carbocycles. The lowest BCUT2D eigenvalue weighted by Crippen LogP contribution is -2.19. The first kappa shape index (κ1) is 16.6. The van der Waals surface area contributed by atoms with Crippen LogP contribution in [0.15, 0.2) is 48.5 Å². The fraction of sp³-hybridized carbons (Fsp3) is 0.294. The number of hydrogen-bond donors (Lipinski definition) is 2. The van der Waals surface area contributed by atoms with Crippen LogP contribution < -0.4 is 9.47 Å². The smallest absolute Gasteiger partial charge is 0.161 e. The molecule has 2 rings (SSSR count). The largest absolute Gasteiger partial charge is 0.493 e. The molecule has 0 aliphatic rings. The van der Waals surface area contributed by atoms with E-state index in [1.807, 2.05) is 30.3 Å². The predicted octanol–water partition coefficient (Wildman–Crippen LogP) is 2.91. The highest BCUT2D eigenvalue weighted by Crippen LogP contribution is 2.32. The lowest BCUT2D eigenvalue weighted by molar-refractivity contribution is 0.0325. The van der Waals surface area contributed by atoms with Gasteiger partial charge in [0.2, 0.25) is 0 Å². The zero-order valence-corrected chi connectivity index (χ0v) is 13.0. The van der Waals surface area contributed by atoms with Crippen LogP contribution in [-0.2, 0) is 6.61 Å². The van der Waals surface area contributed by atoms with E-state index in [0.717, 1.165) is 5.56 Å². The third-order valence-corrected chi connectivity index (χ3v) is 3.61. The molecule has 0 aromatic heterocycles. The molecule has 2 unspecified atom stereocenters. The van der Waals surface area contributed by atoms with Crippen molar-refractivity contribution in [3.8, 4) is 11.5 Å². The molecule has 2 N–H and O–H groups in total. The normalized spacial score (nSPS) is 13.5. The number of rotatable bonds is 7. The van der Waals surface area contributed by atoms with Gasteiger partial charge in [0, 0.05) is 0 Å². The average Bonchev–Trinajstić information content (AvgIpc) is 2.59. The van der Waals surface area contributed by atoms with E-state index in [2.05, 4.69) is 0 Å². The van der Waals surface area contributed by atoms with Gasteiger partial charge in [0.25, 0.3) is 0 Å². The zero-order valence-electron chi connectivity index (χ0n) is 12.3. The Labute approximate surface area is 134 Å². The van der Waals surface area contributed by atoms with Crippen molar-refractivity contribution in [1.29, 1.82) is 0 Å². The first-order chi connectivity index (χ1) is 10.7. The third kappa shape index (κ3) is 4.13. The summed E-state index contributed by atoms with van der Waals surface area (Å²) < 4.78 is 11.0. The van der Waals surface area contributed by atoms with Crippen molar-refractivity contribution in [3.05, 3.63) is 59.7 Å². The first-order valence-electron chi connectivity index (χ1n) is 6.92. The number of alkyl halides is 1. The summed E-state index contributed by atoms with van der Waals surface area (Å²) in [6.07, 6.45) is -2.09. The van der Waals surface area contributed by atoms with Crippen LogP contribution in [0.25, 0.3) is 0 Å². The summed E-state index contributed by atoms with van der Waals surface area (Å²) in [5.74, 6) is 1.02. The van der Waals surface area contributed by atoms with E-state index in [4.69, 9.17) is 21.1 Å². The van der Waals surface area contributed by atoms with Gasteiger partial charge in [-0.25, -0.2) is 0 Å². The van der Waals surface area contributed by atoms with Gasteiger partial charge < -0.3 is 19.7 Å². The minimum Gasteiger partial charge on any atom is -0.493 e. The SMILES string of the molecule is COc1cc(C(O)C(O)CCl)ccc1OCc1ccccc1. The van der Waals surface area contributed by atoms with Crippen LogP contribution in [-0.4, -0.2) is 29.3 Å². The summed E-state index contributed by atoms with van der Waals surface area (Å²) in [4.78, 5) is 0. The summed E-state index contributed by atoms with van der Waals surface area (Å²) in [6, 6.07) is 14.8. The van der Waals surface area contributed by atoms with Crippen LogP contribution in [0.2, 0.25) is 0 Å². The Bertz CT molecular complexity index is 588. The van der Waals surface area contributed by atoms with E-state index in [1.165, 1.54) is 7.11 Å². The Hall–Kier alpha value is -1.75. The molecule has 0 bridgehead atoms. The van der Waals surface area contributed by atoms with Gasteiger partial charge in [-0.1, -0.05) is 36.4 Å². The maximum absolute atomic E-state index is 9.98. The van der Waals surface area contributed by atoms with Gasteiger partial charge in [0.15, 0.2) is 11.5 Å². The molecule has 0 aliphatic heterocycles. The third-order valence-electron chi connectivity index (χ3n) is 3.29. The minimum atomic E-state index is -1.06. The molecule has 0 amide bonds. The van der Waals surface area contributed by atoms with Gasteiger partial charge in [-0.15, -0.1) is 11.6 Å². The molecule has 0 spiro atoms. The molecule has 2 aromatic rings. The summed E-state index contributed by atoms with van der Waals surface area (Å²) in [5.41, 5.74) is 1.57. The molecule has 0 fully saturated rings. The van der Waals surface area contributed by atoms with Crippen LogP contribution in [0.5, 0.6) is 11.5 Å². The van der Waals surface area contributed by atoms with Crippen LogP contribution >= 0.6 is 11.6 Å². The first-order valence-corrected chi connectivity index (χ1v) is 7.46. The van der Waals surface area contributed by atoms with Gasteiger partial charge in [0.05, 0.1) is 19.1 Å². The highest BCUT2D eigenvalue weighted by atomic mass is 35.5. The van der Waals surface area contributed by atoms with E-state index in [9.17, 15) is 10.2 Å². The molecule has 2 aromatic carbocycles. The lowest BCUT2D eigenvalue weighted by atomic mass is 10.0. The topological polar surface area (TPSA) is 58.9 Å². The number of hydrogen-bond acceptors (Lipinski definition) is 4. The zero-order chi connectivity index (χ0) is 15.9. The van der Waals surface area contributed by atoms with Crippen LogP contribution in [0, 0.1) is 0 Å². The van der Waals surface area contributed by atoms with Crippen molar-refractivity contribution >= 4 is 11.6 Å². The van der Waals surface area contributed by atoms with Crippen molar-refractivity contribution in [2.24, 2.45) is 0 Å². The van der Waals surface area contributed by atoms with E-state index >= 15 is 0 Å². The number of ether oxygens (including phenoxy) is 2. The summed E-state index contributed by atoms with van der Waals surface area (Å²) in [6.45, 7) is 0.420. The average molecular weight is 323 g/mol. The Kier molecular flexibility index (Phi) is 6.07. The Morgan fingerprint density at radius 1 is 1.05 bits per heavy atom. The van der Waals surface area contributed by atoms with Crippen molar-refractivity contribution in [2.75, 3.05) is 13.0 Å². The molecule has 0 heterocycles. The van der Waals surface area contributed by atoms with Crippen LogP contribution in [0.4, 0.5) is 0 Å². The van der Waals surface area contributed by atoms with Gasteiger partial charge in [-0.2, -0.15) is 0 Å². The minimum absolute atomic E-state index is 0.0459. The molecular formula is C17H19ClO4. The number of aliphatic hydroxyl groups is 2. The quantitative estimate of drug-likeness (QED) is 0.770. The molecule has 5 heteroatoms. The number of benzene rings is 2. The van der Waals surface area contributed by atoms with Crippen molar-refractivity contribution in [3.63, 3.8) is 0 Å². The maximum atomic E-state index is 9.98. The molecule has 0 radical (unpaired) electrons. The van der Waals surface area contributed by atoms with E-state index in [1.54, 1.807) is 18.2 Å². The van der Waals surface area contributed by atoms with Crippen LogP contribution in [0.3, 0.4) is 0 Å². The highest BCUT2D eigenvalue weighted by molar-refractivity contribution is 6.18. The second-order valence-corrected chi connectivity index (χ2v) is 5.16. The lowest BCUT2D eigenvalue weighted by Gasteiger charge is -2.18. The van der Waals surface area contributed by atoms with E-state index in [0.29, 0.717) is 23.7 Å². The fourth-order valence-corrected chi connectivity index (χ4v) is 2.20. The van der Waals surface area contributed by atoms with Crippen LogP contribution in [0.1, 0.15) is 17.2 Å². The van der Waals surface area contributed by atoms with E-state index in [-0.39, 0.29) is 5.88 Å². The highest BCUT2D eigenvalue weighted by Gasteiger charge is 2.19. The monoisotopic (exact) mass is 322 g/mol. The maximum Gasteiger partial charge on any atom is 0.161 e. The Balaban J connectivity index is 2.12. The second kappa shape index (κ2) is 8.03. The van der Waals surface area contributed by atoms with Gasteiger partial charge in [-0.05, 0) is 23.3 Å². The van der Waals surface area contributed by atoms with E-state index < -0.39 is 12.2 Å². The number of halogens is 1. The van der Waals surface area contributed by atoms with Crippen molar-refractivity contribution in [2.45, 2.75) is 18.8 Å². The molecular weight excluding hydrogens is 304 g/mol. The van der Waals surface area contributed by atoms with Gasteiger partial charge in [-0.3, -0.25) is 0 Å². The number of methoxy groups -OCH3 is 1. The molecule has 0 saturated heterocycles.